The molecule has 7 nitrogen and oxygen atoms in total. The summed E-state index contributed by atoms with van der Waals surface area (Å²) in [4.78, 5) is 29.0. The Morgan fingerprint density at radius 2 is 1.56 bits per heavy atom. The number of nitrogens with zero attached hydrogens (tertiary/aromatic N) is 2. The lowest BCUT2D eigenvalue weighted by Crippen LogP contribution is -2.44. The molecule has 0 aliphatic rings. The van der Waals surface area contributed by atoms with E-state index in [2.05, 4.69) is 5.32 Å². The average Bonchev–Trinajstić information content (AvgIpc) is 3.16. The molecule has 0 radical (unpaired) electrons. The number of aromatic nitrogens is 2. The maximum atomic E-state index is 12.3. The molecule has 2 N–H and O–H groups in total. The third-order valence-electron chi connectivity index (χ3n) is 5.28. The van der Waals surface area contributed by atoms with Crippen LogP contribution >= 0.6 is 0 Å². The van der Waals surface area contributed by atoms with Gasteiger partial charge in [0, 0.05) is 18.2 Å². The van der Waals surface area contributed by atoms with Crippen molar-refractivity contribution in [2.75, 3.05) is 0 Å². The van der Waals surface area contributed by atoms with Crippen molar-refractivity contribution in [3.8, 4) is 22.4 Å². The van der Waals surface area contributed by atoms with Crippen LogP contribution in [0.5, 0.6) is 0 Å². The quantitative estimate of drug-likeness (QED) is 0.416. The number of carboxylic acid groups (broad SMARTS) is 1. The highest BCUT2D eigenvalue weighted by molar-refractivity contribution is 5.81. The van der Waals surface area contributed by atoms with Crippen molar-refractivity contribution in [1.82, 2.24) is 14.7 Å². The average molecular weight is 458 g/mol. The number of pyridine rings is 1. The number of carbonyl (C=O) groups excluding carboxylic acids is 1. The van der Waals surface area contributed by atoms with Crippen LogP contribution in [0.25, 0.3) is 28.0 Å². The second-order valence-electron chi connectivity index (χ2n) is 9.02. The van der Waals surface area contributed by atoms with Crippen molar-refractivity contribution in [3.63, 3.8) is 0 Å². The van der Waals surface area contributed by atoms with E-state index < -0.39 is 23.7 Å². The second kappa shape index (κ2) is 9.39. The van der Waals surface area contributed by atoms with Gasteiger partial charge in [-0.2, -0.15) is 0 Å². The molecule has 1 atom stereocenters. The molecule has 0 saturated heterocycles. The zero-order valence-electron chi connectivity index (χ0n) is 19.4. The standard InChI is InChI=1S/C27H27N3O4/c1-27(2,3)34-26(33)28-21(25(31)32)17-22-24(29-23-11-7-8-16-30(22)23)20-14-12-19(13-15-20)18-9-5-4-6-10-18/h4-16,21H,17H2,1-3H3,(H,28,33)(H,31,32). The minimum absolute atomic E-state index is 0.0372. The Bertz CT molecular complexity index is 1310. The molecule has 2 aromatic carbocycles. The minimum atomic E-state index is -1.18. The van der Waals surface area contributed by atoms with Gasteiger partial charge >= 0.3 is 12.1 Å². The number of ether oxygens (including phenoxy) is 1. The number of alkyl carbamates (subject to hydrolysis) is 1. The summed E-state index contributed by atoms with van der Waals surface area (Å²) in [6.07, 6.45) is 1.10. The summed E-state index contributed by atoms with van der Waals surface area (Å²) in [6, 6.07) is 22.5. The molecule has 34 heavy (non-hydrogen) atoms. The van der Waals surface area contributed by atoms with Crippen molar-refractivity contribution >= 4 is 17.7 Å². The summed E-state index contributed by atoms with van der Waals surface area (Å²) in [5.41, 5.74) is 4.36. The van der Waals surface area contributed by atoms with E-state index >= 15 is 0 Å². The molecule has 2 heterocycles. The van der Waals surface area contributed by atoms with E-state index in [1.54, 1.807) is 20.8 Å². The number of fused-ring (bicyclic) bond motifs is 1. The lowest BCUT2D eigenvalue weighted by Gasteiger charge is -2.22. The maximum Gasteiger partial charge on any atom is 0.408 e. The van der Waals surface area contributed by atoms with Crippen LogP contribution in [0.1, 0.15) is 26.5 Å². The van der Waals surface area contributed by atoms with Gasteiger partial charge in [0.2, 0.25) is 0 Å². The number of carbonyl (C=O) groups is 2. The summed E-state index contributed by atoms with van der Waals surface area (Å²) in [5.74, 6) is -1.15. The van der Waals surface area contributed by atoms with E-state index in [4.69, 9.17) is 9.72 Å². The van der Waals surface area contributed by atoms with Crippen molar-refractivity contribution in [1.29, 1.82) is 0 Å². The molecule has 0 aliphatic heterocycles. The number of amides is 1. The van der Waals surface area contributed by atoms with Gasteiger partial charge in [0.05, 0.1) is 11.4 Å². The van der Waals surface area contributed by atoms with Crippen molar-refractivity contribution in [2.24, 2.45) is 0 Å². The summed E-state index contributed by atoms with van der Waals surface area (Å²) < 4.78 is 7.11. The van der Waals surface area contributed by atoms with Gasteiger partial charge in [0.25, 0.3) is 0 Å². The first-order chi connectivity index (χ1) is 16.2. The van der Waals surface area contributed by atoms with Gasteiger partial charge in [-0.25, -0.2) is 14.6 Å². The third kappa shape index (κ3) is 5.26. The van der Waals surface area contributed by atoms with Crippen LogP contribution in [0.2, 0.25) is 0 Å². The van der Waals surface area contributed by atoms with Gasteiger partial charge in [0.15, 0.2) is 0 Å². The van der Waals surface area contributed by atoms with Crippen LogP contribution in [0, 0.1) is 0 Å². The zero-order chi connectivity index (χ0) is 24.3. The SMILES string of the molecule is CC(C)(C)OC(=O)NC(Cc1c(-c2ccc(-c3ccccc3)cc2)nc2ccccn12)C(=O)O. The van der Waals surface area contributed by atoms with Crippen molar-refractivity contribution in [3.05, 3.63) is 84.7 Å². The molecule has 0 fully saturated rings. The molecule has 0 saturated carbocycles. The molecule has 2 aromatic heterocycles. The number of nitrogens with one attached hydrogen (secondary N) is 1. The number of carboxylic acids is 1. The molecule has 0 bridgehead atoms. The highest BCUT2D eigenvalue weighted by atomic mass is 16.6. The lowest BCUT2D eigenvalue weighted by atomic mass is 10.0. The second-order valence-corrected chi connectivity index (χ2v) is 9.02. The number of hydrogen-bond acceptors (Lipinski definition) is 4. The molecule has 174 valence electrons. The molecule has 1 unspecified atom stereocenters. The van der Waals surface area contributed by atoms with Gasteiger partial charge in [-0.05, 0) is 44.0 Å². The Morgan fingerprint density at radius 3 is 2.21 bits per heavy atom. The highest BCUT2D eigenvalue weighted by Gasteiger charge is 2.27. The van der Waals surface area contributed by atoms with E-state index in [1.807, 2.05) is 83.4 Å². The van der Waals surface area contributed by atoms with Crippen LogP contribution in [0.4, 0.5) is 4.79 Å². The largest absolute Gasteiger partial charge is 0.480 e. The van der Waals surface area contributed by atoms with Crippen molar-refractivity contribution in [2.45, 2.75) is 38.8 Å². The van der Waals surface area contributed by atoms with E-state index in [9.17, 15) is 14.7 Å². The van der Waals surface area contributed by atoms with Gasteiger partial charge in [-0.1, -0.05) is 60.7 Å². The lowest BCUT2D eigenvalue weighted by molar-refractivity contribution is -0.139. The van der Waals surface area contributed by atoms with E-state index in [1.165, 1.54) is 0 Å². The van der Waals surface area contributed by atoms with Crippen LogP contribution in [-0.4, -0.2) is 38.2 Å². The number of benzene rings is 2. The molecular weight excluding hydrogens is 430 g/mol. The van der Waals surface area contributed by atoms with E-state index in [0.717, 1.165) is 16.7 Å². The van der Waals surface area contributed by atoms with Crippen LogP contribution in [-0.2, 0) is 16.0 Å². The number of aliphatic carboxylic acids is 1. The molecule has 4 aromatic rings. The van der Waals surface area contributed by atoms with Crippen LogP contribution in [0.3, 0.4) is 0 Å². The first kappa shape index (κ1) is 23.0. The molecule has 0 spiro atoms. The topological polar surface area (TPSA) is 92.9 Å². The highest BCUT2D eigenvalue weighted by Crippen LogP contribution is 2.28. The van der Waals surface area contributed by atoms with Crippen LogP contribution < -0.4 is 5.32 Å². The summed E-state index contributed by atoms with van der Waals surface area (Å²) in [5, 5.41) is 12.3. The predicted octanol–water partition coefficient (Wildman–Crippen LogP) is 5.19. The number of imidazole rings is 1. The monoisotopic (exact) mass is 457 g/mol. The van der Waals surface area contributed by atoms with E-state index in [-0.39, 0.29) is 6.42 Å². The Hall–Kier alpha value is -4.13. The third-order valence-corrected chi connectivity index (χ3v) is 5.28. The Kier molecular flexibility index (Phi) is 6.36. The molecular formula is C27H27N3O4. The van der Waals surface area contributed by atoms with Gasteiger partial charge in [-0.3, -0.25) is 0 Å². The normalized spacial score (nSPS) is 12.3. The van der Waals surface area contributed by atoms with Gasteiger partial charge in [-0.15, -0.1) is 0 Å². The molecule has 1 amide bonds. The summed E-state index contributed by atoms with van der Waals surface area (Å²) in [7, 11) is 0. The number of hydrogen-bond donors (Lipinski definition) is 2. The summed E-state index contributed by atoms with van der Waals surface area (Å²) >= 11 is 0. The first-order valence-corrected chi connectivity index (χ1v) is 11.1. The smallest absolute Gasteiger partial charge is 0.408 e. The van der Waals surface area contributed by atoms with E-state index in [0.29, 0.717) is 17.0 Å². The number of rotatable bonds is 6. The predicted molar refractivity (Wildman–Crippen MR) is 131 cm³/mol. The summed E-state index contributed by atoms with van der Waals surface area (Å²) in [6.45, 7) is 5.18. The fourth-order valence-corrected chi connectivity index (χ4v) is 3.77. The first-order valence-electron chi connectivity index (χ1n) is 11.1. The van der Waals surface area contributed by atoms with Crippen molar-refractivity contribution < 1.29 is 19.4 Å². The van der Waals surface area contributed by atoms with Crippen LogP contribution in [0.15, 0.2) is 79.0 Å². The zero-order valence-corrected chi connectivity index (χ0v) is 19.4. The fourth-order valence-electron chi connectivity index (χ4n) is 3.77. The Morgan fingerprint density at radius 1 is 0.941 bits per heavy atom. The Balaban J connectivity index is 1.69. The Labute approximate surface area is 198 Å². The minimum Gasteiger partial charge on any atom is -0.480 e. The fraction of sp³-hybridized carbons (Fsp3) is 0.222. The maximum absolute atomic E-state index is 12.3. The molecule has 7 heteroatoms. The van der Waals surface area contributed by atoms with Gasteiger partial charge in [0.1, 0.15) is 17.3 Å². The van der Waals surface area contributed by atoms with Gasteiger partial charge < -0.3 is 19.6 Å². The molecule has 4 rings (SSSR count). The molecule has 0 aliphatic carbocycles.